The molecule has 2 rings (SSSR count). The Hall–Kier alpha value is -1.62. The number of rotatable bonds is 4. The maximum atomic E-state index is 13.4. The van der Waals surface area contributed by atoms with E-state index in [1.54, 1.807) is 13.0 Å². The van der Waals surface area contributed by atoms with Gasteiger partial charge in [0.2, 0.25) is 0 Å². The summed E-state index contributed by atoms with van der Waals surface area (Å²) < 4.78 is 23.6. The highest BCUT2D eigenvalue weighted by molar-refractivity contribution is 5.80. The number of hydrogen-bond acceptors (Lipinski definition) is 4. The molecule has 0 radical (unpaired) electrons. The van der Waals surface area contributed by atoms with Crippen molar-refractivity contribution in [3.8, 4) is 0 Å². The molecular weight excluding hydrogens is 249 g/mol. The lowest BCUT2D eigenvalue weighted by Gasteiger charge is -2.23. The van der Waals surface area contributed by atoms with Crippen molar-refractivity contribution in [1.29, 1.82) is 0 Å². The van der Waals surface area contributed by atoms with Gasteiger partial charge in [0.25, 0.3) is 0 Å². The highest BCUT2D eigenvalue weighted by Crippen LogP contribution is 2.21. The van der Waals surface area contributed by atoms with Crippen molar-refractivity contribution in [2.75, 3.05) is 19.0 Å². The molecule has 1 fully saturated rings. The highest BCUT2D eigenvalue weighted by Gasteiger charge is 2.32. The zero-order chi connectivity index (χ0) is 13.8. The van der Waals surface area contributed by atoms with E-state index >= 15 is 0 Å². The van der Waals surface area contributed by atoms with Crippen LogP contribution in [0.4, 0.5) is 10.1 Å². The molecular formula is C14H18FNO3. The third-order valence-electron chi connectivity index (χ3n) is 3.16. The summed E-state index contributed by atoms with van der Waals surface area (Å²) in [6.45, 7) is 2.44. The lowest BCUT2D eigenvalue weighted by atomic mass is 10.1. The maximum Gasteiger partial charge on any atom is 0.331 e. The van der Waals surface area contributed by atoms with Gasteiger partial charge in [0.1, 0.15) is 5.82 Å². The van der Waals surface area contributed by atoms with Gasteiger partial charge in [0.05, 0.1) is 13.2 Å². The number of ether oxygens (including phenoxy) is 2. The molecule has 1 aromatic carbocycles. The fraction of sp³-hybridized carbons (Fsp3) is 0.500. The van der Waals surface area contributed by atoms with Gasteiger partial charge in [-0.2, -0.15) is 0 Å². The van der Waals surface area contributed by atoms with Gasteiger partial charge < -0.3 is 14.8 Å². The van der Waals surface area contributed by atoms with Crippen LogP contribution in [0.25, 0.3) is 0 Å². The van der Waals surface area contributed by atoms with Crippen molar-refractivity contribution < 1.29 is 18.7 Å². The van der Waals surface area contributed by atoms with Crippen molar-refractivity contribution in [2.24, 2.45) is 0 Å². The molecule has 4 nitrogen and oxygen atoms in total. The molecule has 0 saturated carbocycles. The Morgan fingerprint density at radius 3 is 2.89 bits per heavy atom. The summed E-state index contributed by atoms with van der Waals surface area (Å²) in [6, 6.07) is 3.98. The smallest absolute Gasteiger partial charge is 0.331 e. The number of methoxy groups -OCH3 is 1. The van der Waals surface area contributed by atoms with Gasteiger partial charge in [0, 0.05) is 12.3 Å². The van der Waals surface area contributed by atoms with Crippen LogP contribution in [0.15, 0.2) is 18.2 Å². The second-order valence-corrected chi connectivity index (χ2v) is 4.71. The van der Waals surface area contributed by atoms with Crippen LogP contribution in [0.1, 0.15) is 18.4 Å². The minimum absolute atomic E-state index is 0.226. The van der Waals surface area contributed by atoms with E-state index < -0.39 is 12.0 Å². The molecule has 2 atom stereocenters. The first-order chi connectivity index (χ1) is 9.10. The quantitative estimate of drug-likeness (QED) is 0.850. The number of carbonyl (C=O) groups is 1. The lowest BCUT2D eigenvalue weighted by Crippen LogP contribution is -2.41. The van der Waals surface area contributed by atoms with Crippen LogP contribution in [0.2, 0.25) is 0 Å². The average Bonchev–Trinajstić information content (AvgIpc) is 2.87. The highest BCUT2D eigenvalue weighted by atomic mass is 19.1. The molecule has 1 saturated heterocycles. The number of hydrogen-bond donors (Lipinski definition) is 1. The number of nitrogens with one attached hydrogen (secondary N) is 1. The number of esters is 1. The standard InChI is InChI=1S/C14H18FNO3/c1-9-6-10(15)8-11(7-9)16-13(14(17)18-2)12-4-3-5-19-12/h6-8,12-13,16H,3-5H2,1-2H3. The van der Waals surface area contributed by atoms with Gasteiger partial charge in [-0.25, -0.2) is 9.18 Å². The van der Waals surface area contributed by atoms with Gasteiger partial charge in [-0.3, -0.25) is 0 Å². The molecule has 1 heterocycles. The molecule has 0 spiro atoms. The number of benzene rings is 1. The van der Waals surface area contributed by atoms with Crippen molar-refractivity contribution in [3.63, 3.8) is 0 Å². The van der Waals surface area contributed by atoms with E-state index in [1.165, 1.54) is 19.2 Å². The molecule has 1 N–H and O–H groups in total. The van der Waals surface area contributed by atoms with E-state index in [0.29, 0.717) is 12.3 Å². The second-order valence-electron chi connectivity index (χ2n) is 4.71. The van der Waals surface area contributed by atoms with Crippen LogP contribution in [-0.4, -0.2) is 31.8 Å². The second kappa shape index (κ2) is 6.02. The molecule has 104 valence electrons. The first-order valence-electron chi connectivity index (χ1n) is 6.33. The van der Waals surface area contributed by atoms with E-state index in [1.807, 2.05) is 0 Å². The molecule has 0 bridgehead atoms. The summed E-state index contributed by atoms with van der Waals surface area (Å²) in [6.07, 6.45) is 1.49. The molecule has 0 amide bonds. The first-order valence-corrected chi connectivity index (χ1v) is 6.33. The Balaban J connectivity index is 2.16. The number of aryl methyl sites for hydroxylation is 1. The lowest BCUT2D eigenvalue weighted by molar-refractivity contribution is -0.144. The summed E-state index contributed by atoms with van der Waals surface area (Å²) in [4.78, 5) is 11.8. The van der Waals surface area contributed by atoms with Crippen molar-refractivity contribution in [3.05, 3.63) is 29.6 Å². The van der Waals surface area contributed by atoms with Crippen molar-refractivity contribution in [2.45, 2.75) is 31.9 Å². The summed E-state index contributed by atoms with van der Waals surface area (Å²) in [5.41, 5.74) is 1.35. The Kier molecular flexibility index (Phi) is 4.37. The van der Waals surface area contributed by atoms with Gasteiger partial charge >= 0.3 is 5.97 Å². The molecule has 1 aliphatic heterocycles. The van der Waals surface area contributed by atoms with E-state index in [4.69, 9.17) is 9.47 Å². The normalized spacial score (nSPS) is 20.1. The number of anilines is 1. The van der Waals surface area contributed by atoms with Crippen LogP contribution >= 0.6 is 0 Å². The zero-order valence-corrected chi connectivity index (χ0v) is 11.1. The zero-order valence-electron chi connectivity index (χ0n) is 11.1. The molecule has 19 heavy (non-hydrogen) atoms. The van der Waals surface area contributed by atoms with E-state index in [0.717, 1.165) is 18.4 Å². The van der Waals surface area contributed by atoms with Crippen LogP contribution < -0.4 is 5.32 Å². The first kappa shape index (κ1) is 13.8. The third kappa shape index (κ3) is 3.44. The summed E-state index contributed by atoms with van der Waals surface area (Å²) in [7, 11) is 1.34. The largest absolute Gasteiger partial charge is 0.467 e. The van der Waals surface area contributed by atoms with Gasteiger partial charge in [-0.1, -0.05) is 0 Å². The van der Waals surface area contributed by atoms with Crippen LogP contribution in [0.5, 0.6) is 0 Å². The molecule has 0 aromatic heterocycles. The van der Waals surface area contributed by atoms with E-state index in [9.17, 15) is 9.18 Å². The van der Waals surface area contributed by atoms with Gasteiger partial charge in [-0.15, -0.1) is 0 Å². The van der Waals surface area contributed by atoms with E-state index in [2.05, 4.69) is 5.32 Å². The number of halogens is 1. The average molecular weight is 267 g/mol. The molecule has 1 aliphatic rings. The van der Waals surface area contributed by atoms with E-state index in [-0.39, 0.29) is 11.9 Å². The predicted molar refractivity (Wildman–Crippen MR) is 69.5 cm³/mol. The molecule has 0 aliphatic carbocycles. The third-order valence-corrected chi connectivity index (χ3v) is 3.16. The van der Waals surface area contributed by atoms with Crippen LogP contribution in [-0.2, 0) is 14.3 Å². The van der Waals surface area contributed by atoms with Crippen LogP contribution in [0, 0.1) is 12.7 Å². The Labute approximate surface area is 111 Å². The Morgan fingerprint density at radius 2 is 2.32 bits per heavy atom. The molecule has 1 aromatic rings. The molecule has 5 heteroatoms. The summed E-state index contributed by atoms with van der Waals surface area (Å²) in [5, 5.41) is 3.01. The fourth-order valence-corrected chi connectivity index (χ4v) is 2.30. The van der Waals surface area contributed by atoms with Gasteiger partial charge in [0.15, 0.2) is 6.04 Å². The SMILES string of the molecule is COC(=O)C(Nc1cc(C)cc(F)c1)C1CCCO1. The maximum absolute atomic E-state index is 13.4. The fourth-order valence-electron chi connectivity index (χ4n) is 2.30. The molecule has 2 unspecified atom stereocenters. The van der Waals surface area contributed by atoms with Crippen molar-refractivity contribution >= 4 is 11.7 Å². The summed E-state index contributed by atoms with van der Waals surface area (Å²) in [5.74, 6) is -0.729. The van der Waals surface area contributed by atoms with Crippen molar-refractivity contribution in [1.82, 2.24) is 0 Å². The topological polar surface area (TPSA) is 47.6 Å². The monoisotopic (exact) mass is 267 g/mol. The minimum atomic E-state index is -0.603. The Morgan fingerprint density at radius 1 is 1.53 bits per heavy atom. The number of carbonyl (C=O) groups excluding carboxylic acids is 1. The Bertz CT molecular complexity index is 438. The summed E-state index contributed by atoms with van der Waals surface area (Å²) >= 11 is 0. The predicted octanol–water partition coefficient (Wildman–Crippen LogP) is 2.27. The minimum Gasteiger partial charge on any atom is -0.467 e. The van der Waals surface area contributed by atoms with Crippen LogP contribution in [0.3, 0.4) is 0 Å². The van der Waals surface area contributed by atoms with Gasteiger partial charge in [-0.05, 0) is 43.5 Å².